The number of nitrogens with zero attached hydrogens (tertiary/aromatic N) is 1. The number of rotatable bonds is 9. The van der Waals surface area contributed by atoms with E-state index in [4.69, 9.17) is 10.8 Å². The summed E-state index contributed by atoms with van der Waals surface area (Å²) >= 11 is 0. The number of nitrogens with one attached hydrogen (secondary N) is 1. The minimum absolute atomic E-state index is 0.116. The molecule has 0 fully saturated rings. The highest BCUT2D eigenvalue weighted by molar-refractivity contribution is 5.84. The van der Waals surface area contributed by atoms with Crippen molar-refractivity contribution in [2.45, 2.75) is 58.3 Å². The van der Waals surface area contributed by atoms with Crippen LogP contribution >= 0.6 is 0 Å². The van der Waals surface area contributed by atoms with Crippen LogP contribution in [0.3, 0.4) is 0 Å². The maximum absolute atomic E-state index is 9.99. The molecule has 0 atom stereocenters. The Hall–Kier alpha value is -1.36. The van der Waals surface area contributed by atoms with Gasteiger partial charge in [-0.2, -0.15) is 5.10 Å². The van der Waals surface area contributed by atoms with Crippen molar-refractivity contribution in [1.82, 2.24) is 10.2 Å². The lowest BCUT2D eigenvalue weighted by molar-refractivity contribution is 0.0690. The van der Waals surface area contributed by atoms with Gasteiger partial charge in [0.05, 0.1) is 0 Å². The normalized spacial score (nSPS) is 9.79. The lowest BCUT2D eigenvalue weighted by Crippen LogP contribution is -1.97. The van der Waals surface area contributed by atoms with Gasteiger partial charge in [0.2, 0.25) is 0 Å². The van der Waals surface area contributed by atoms with Crippen LogP contribution in [0, 0.1) is 0 Å². The van der Waals surface area contributed by atoms with Crippen molar-refractivity contribution in [3.63, 3.8) is 0 Å². The molecule has 0 aliphatic carbocycles. The van der Waals surface area contributed by atoms with Crippen LogP contribution in [0.2, 0.25) is 0 Å². The zero-order chi connectivity index (χ0) is 14.3. The summed E-state index contributed by atoms with van der Waals surface area (Å²) in [6.45, 7) is 3.13. The number of carboxylic acids is 1. The van der Waals surface area contributed by atoms with Crippen LogP contribution in [0.4, 0.5) is 0 Å². The van der Waals surface area contributed by atoms with Crippen molar-refractivity contribution in [1.29, 1.82) is 0 Å². The molecule has 0 aliphatic rings. The van der Waals surface area contributed by atoms with Crippen LogP contribution in [0.25, 0.3) is 0 Å². The summed E-state index contributed by atoms with van der Waals surface area (Å²) in [5.74, 6) is -0.984. The van der Waals surface area contributed by atoms with E-state index < -0.39 is 5.97 Å². The van der Waals surface area contributed by atoms with Crippen molar-refractivity contribution in [2.75, 3.05) is 6.54 Å². The highest BCUT2D eigenvalue weighted by atomic mass is 16.4. The van der Waals surface area contributed by atoms with E-state index in [1.165, 1.54) is 63.6 Å². The number of aromatic carboxylic acids is 1. The summed E-state index contributed by atoms with van der Waals surface area (Å²) < 4.78 is 0. The Morgan fingerprint density at radius 2 is 1.79 bits per heavy atom. The minimum Gasteiger partial charge on any atom is -0.477 e. The molecule has 0 amide bonds. The van der Waals surface area contributed by atoms with Gasteiger partial charge in [-0.15, -0.1) is 0 Å². The van der Waals surface area contributed by atoms with E-state index in [9.17, 15) is 4.79 Å². The van der Waals surface area contributed by atoms with Crippen molar-refractivity contribution in [3.8, 4) is 0 Å². The first-order chi connectivity index (χ1) is 9.22. The molecule has 1 heterocycles. The van der Waals surface area contributed by atoms with Gasteiger partial charge in [-0.25, -0.2) is 4.79 Å². The second kappa shape index (κ2) is 13.1. The predicted molar refractivity (Wildman–Crippen MR) is 77.2 cm³/mol. The summed E-state index contributed by atoms with van der Waals surface area (Å²) in [6.07, 6.45) is 12.4. The first kappa shape index (κ1) is 17.6. The summed E-state index contributed by atoms with van der Waals surface area (Å²) in [5.41, 5.74) is 5.51. The number of hydrogen-bond donors (Lipinski definition) is 3. The molecule has 5 heteroatoms. The molecule has 0 aliphatic heterocycles. The molecular formula is C14H27N3O2. The molecule has 4 N–H and O–H groups in total. The number of carbonyl (C=O) groups is 1. The molecule has 110 valence electrons. The molecule has 0 aromatic carbocycles. The number of carboxylic acid groups (broad SMARTS) is 1. The van der Waals surface area contributed by atoms with Gasteiger partial charge in [0, 0.05) is 6.20 Å². The van der Waals surface area contributed by atoms with Gasteiger partial charge in [-0.3, -0.25) is 5.10 Å². The third-order valence-electron chi connectivity index (χ3n) is 2.79. The van der Waals surface area contributed by atoms with Crippen LogP contribution in [0.5, 0.6) is 0 Å². The average molecular weight is 269 g/mol. The highest BCUT2D eigenvalue weighted by Crippen LogP contribution is 2.07. The van der Waals surface area contributed by atoms with Gasteiger partial charge in [-0.1, -0.05) is 51.9 Å². The fraction of sp³-hybridized carbons (Fsp3) is 0.714. The second-order valence-electron chi connectivity index (χ2n) is 4.54. The zero-order valence-electron chi connectivity index (χ0n) is 11.9. The largest absolute Gasteiger partial charge is 0.477 e. The standard InChI is InChI=1S/C10H23N.C4H4N2O2/c1-2-3-4-5-6-7-8-9-10-11;7-4(8)3-1-2-5-6-3/h2-11H2,1H3;1-2H,(H,5,6)(H,7,8). The van der Waals surface area contributed by atoms with Gasteiger partial charge in [-0.05, 0) is 19.0 Å². The van der Waals surface area contributed by atoms with Crippen LogP contribution in [-0.2, 0) is 0 Å². The van der Waals surface area contributed by atoms with E-state index in [0.29, 0.717) is 0 Å². The second-order valence-corrected chi connectivity index (χ2v) is 4.54. The third-order valence-corrected chi connectivity index (χ3v) is 2.79. The molecule has 0 radical (unpaired) electrons. The van der Waals surface area contributed by atoms with Gasteiger partial charge >= 0.3 is 5.97 Å². The monoisotopic (exact) mass is 269 g/mol. The minimum atomic E-state index is -0.984. The quantitative estimate of drug-likeness (QED) is 0.600. The van der Waals surface area contributed by atoms with Crippen molar-refractivity contribution < 1.29 is 9.90 Å². The van der Waals surface area contributed by atoms with Crippen LogP contribution in [0.15, 0.2) is 12.3 Å². The fourth-order valence-corrected chi connectivity index (χ4v) is 1.65. The molecule has 0 saturated carbocycles. The average Bonchev–Trinajstić information content (AvgIpc) is 2.93. The Bertz CT molecular complexity index is 292. The van der Waals surface area contributed by atoms with Gasteiger partial charge in [0.25, 0.3) is 0 Å². The number of aromatic amines is 1. The molecule has 1 aromatic rings. The summed E-state index contributed by atoms with van der Waals surface area (Å²) in [7, 11) is 0. The van der Waals surface area contributed by atoms with Gasteiger partial charge in [0.15, 0.2) is 0 Å². The fourth-order valence-electron chi connectivity index (χ4n) is 1.65. The molecule has 0 unspecified atom stereocenters. The maximum Gasteiger partial charge on any atom is 0.353 e. The van der Waals surface area contributed by atoms with Gasteiger partial charge < -0.3 is 10.8 Å². The molecule has 0 bridgehead atoms. The smallest absolute Gasteiger partial charge is 0.353 e. The molecular weight excluding hydrogens is 242 g/mol. The first-order valence-electron chi connectivity index (χ1n) is 7.15. The van der Waals surface area contributed by atoms with E-state index in [1.54, 1.807) is 0 Å². The molecule has 0 saturated heterocycles. The van der Waals surface area contributed by atoms with E-state index in [2.05, 4.69) is 17.1 Å². The molecule has 5 nitrogen and oxygen atoms in total. The highest BCUT2D eigenvalue weighted by Gasteiger charge is 1.99. The molecule has 1 rings (SSSR count). The molecule has 19 heavy (non-hydrogen) atoms. The zero-order valence-corrected chi connectivity index (χ0v) is 11.9. The molecule has 1 aromatic heterocycles. The van der Waals surface area contributed by atoms with E-state index in [-0.39, 0.29) is 5.69 Å². The van der Waals surface area contributed by atoms with E-state index in [0.717, 1.165) is 6.54 Å². The Balaban J connectivity index is 0.000000356. The number of nitrogens with two attached hydrogens (primary N) is 1. The Labute approximate surface area is 115 Å². The number of hydrogen-bond acceptors (Lipinski definition) is 3. The summed E-state index contributed by atoms with van der Waals surface area (Å²) in [6, 6.07) is 1.39. The lowest BCUT2D eigenvalue weighted by Gasteiger charge is -1.99. The van der Waals surface area contributed by atoms with Crippen LogP contribution in [-0.4, -0.2) is 27.8 Å². The molecule has 0 spiro atoms. The van der Waals surface area contributed by atoms with Gasteiger partial charge in [0.1, 0.15) is 5.69 Å². The van der Waals surface area contributed by atoms with Crippen LogP contribution < -0.4 is 5.73 Å². The number of H-pyrrole nitrogens is 1. The van der Waals surface area contributed by atoms with Crippen molar-refractivity contribution in [3.05, 3.63) is 18.0 Å². The summed E-state index contributed by atoms with van der Waals surface area (Å²) in [4.78, 5) is 9.99. The first-order valence-corrected chi connectivity index (χ1v) is 7.15. The Morgan fingerprint density at radius 3 is 2.16 bits per heavy atom. The number of aromatic nitrogens is 2. The topological polar surface area (TPSA) is 92.0 Å². The SMILES string of the molecule is CCCCCCCCCCN.O=C(O)c1ccn[nH]1. The Morgan fingerprint density at radius 1 is 1.21 bits per heavy atom. The van der Waals surface area contributed by atoms with Crippen molar-refractivity contribution >= 4 is 5.97 Å². The van der Waals surface area contributed by atoms with E-state index >= 15 is 0 Å². The lowest BCUT2D eigenvalue weighted by atomic mass is 10.1. The number of unbranched alkanes of at least 4 members (excludes halogenated alkanes) is 7. The maximum atomic E-state index is 9.99. The van der Waals surface area contributed by atoms with Crippen molar-refractivity contribution in [2.24, 2.45) is 5.73 Å². The summed E-state index contributed by atoms with van der Waals surface area (Å²) in [5, 5.41) is 13.9. The predicted octanol–water partition coefficient (Wildman–Crippen LogP) is 3.19. The van der Waals surface area contributed by atoms with E-state index in [1.807, 2.05) is 0 Å². The Kier molecular flexibility index (Phi) is 12.1. The third kappa shape index (κ3) is 11.5. The van der Waals surface area contributed by atoms with Crippen LogP contribution in [0.1, 0.15) is 68.8 Å².